The number of hydrogen-bond acceptors (Lipinski definition) is 3. The van der Waals surface area contributed by atoms with E-state index < -0.39 is 30.6 Å². The van der Waals surface area contributed by atoms with E-state index in [1.807, 2.05) is 0 Å². The zero-order valence-corrected chi connectivity index (χ0v) is 7.01. The third kappa shape index (κ3) is 2.12. The van der Waals surface area contributed by atoms with Gasteiger partial charge in [0.1, 0.15) is 0 Å². The minimum Gasteiger partial charge on any atom is -0.393 e. The molecular weight excluding hydrogens is 189 g/mol. The smallest absolute Gasteiger partial charge is 0.393 e. The fourth-order valence-corrected chi connectivity index (χ4v) is 1.34. The van der Waals surface area contributed by atoms with E-state index in [9.17, 15) is 13.2 Å². The van der Waals surface area contributed by atoms with Gasteiger partial charge in [0.15, 0.2) is 11.9 Å². The molecule has 0 radical (unpaired) electrons. The molecule has 3 nitrogen and oxygen atoms in total. The number of halogens is 3. The fraction of sp³-hybridized carbons (Fsp3) is 1.00. The third-order valence-electron chi connectivity index (χ3n) is 2.09. The van der Waals surface area contributed by atoms with Crippen molar-refractivity contribution in [3.05, 3.63) is 0 Å². The molecule has 1 saturated heterocycles. The minimum absolute atomic E-state index is 0.175. The lowest BCUT2D eigenvalue weighted by molar-refractivity contribution is -0.337. The average Bonchev–Trinajstić information content (AvgIpc) is 1.79. The molecule has 0 aromatic heterocycles. The van der Waals surface area contributed by atoms with Crippen LogP contribution in [0.1, 0.15) is 19.8 Å². The zero-order chi connectivity index (χ0) is 10.3. The molecule has 78 valence electrons. The Kier molecular flexibility index (Phi) is 2.57. The number of hydrogen-bond donors (Lipinski definition) is 2. The summed E-state index contributed by atoms with van der Waals surface area (Å²) in [6, 6.07) is 0. The zero-order valence-electron chi connectivity index (χ0n) is 7.01. The third-order valence-corrected chi connectivity index (χ3v) is 2.09. The number of rotatable bonds is 0. The molecule has 0 bridgehead atoms. The van der Waals surface area contributed by atoms with Gasteiger partial charge in [0.2, 0.25) is 0 Å². The van der Waals surface area contributed by atoms with Crippen LogP contribution in [0.25, 0.3) is 0 Å². The molecule has 6 heteroatoms. The van der Waals surface area contributed by atoms with Gasteiger partial charge in [0.05, 0.1) is 6.10 Å². The van der Waals surface area contributed by atoms with Crippen LogP contribution in [0.2, 0.25) is 0 Å². The van der Waals surface area contributed by atoms with Gasteiger partial charge in [0.25, 0.3) is 0 Å². The summed E-state index contributed by atoms with van der Waals surface area (Å²) in [6.45, 7) is 0.818. The molecule has 0 aromatic carbocycles. The van der Waals surface area contributed by atoms with Crippen LogP contribution in [-0.4, -0.2) is 34.4 Å². The summed E-state index contributed by atoms with van der Waals surface area (Å²) in [5.74, 6) is 0. The van der Waals surface area contributed by atoms with Crippen LogP contribution in [0, 0.1) is 0 Å². The van der Waals surface area contributed by atoms with Crippen LogP contribution in [-0.2, 0) is 4.74 Å². The molecule has 1 heterocycles. The van der Waals surface area contributed by atoms with Crippen LogP contribution < -0.4 is 0 Å². The number of alkyl halides is 3. The summed E-state index contributed by atoms with van der Waals surface area (Å²) in [7, 11) is 0. The summed E-state index contributed by atoms with van der Waals surface area (Å²) < 4.78 is 41.4. The molecule has 2 N–H and O–H groups in total. The van der Waals surface area contributed by atoms with Crippen molar-refractivity contribution in [1.82, 2.24) is 0 Å². The average molecular weight is 200 g/mol. The highest BCUT2D eigenvalue weighted by Crippen LogP contribution is 2.41. The van der Waals surface area contributed by atoms with Gasteiger partial charge in [-0.25, -0.2) is 0 Å². The van der Waals surface area contributed by atoms with E-state index in [0.717, 1.165) is 6.92 Å². The highest BCUT2D eigenvalue weighted by Gasteiger charge is 2.56. The highest BCUT2D eigenvalue weighted by atomic mass is 19.4. The number of ether oxygens (including phenoxy) is 1. The second-order valence-corrected chi connectivity index (χ2v) is 3.39. The van der Waals surface area contributed by atoms with E-state index in [2.05, 4.69) is 4.74 Å². The van der Waals surface area contributed by atoms with Crippen molar-refractivity contribution in [2.24, 2.45) is 0 Å². The Balaban J connectivity index is 2.78. The second kappa shape index (κ2) is 3.11. The van der Waals surface area contributed by atoms with Gasteiger partial charge < -0.3 is 14.9 Å². The number of aliphatic hydroxyl groups excluding tert-OH is 2. The minimum atomic E-state index is -4.57. The van der Waals surface area contributed by atoms with Crippen molar-refractivity contribution in [1.29, 1.82) is 0 Å². The Hall–Kier alpha value is -0.330. The van der Waals surface area contributed by atoms with Crippen molar-refractivity contribution < 1.29 is 28.1 Å². The Morgan fingerprint density at radius 3 is 2.31 bits per heavy atom. The summed E-state index contributed by atoms with van der Waals surface area (Å²) >= 11 is 0. The largest absolute Gasteiger partial charge is 0.417 e. The van der Waals surface area contributed by atoms with Crippen LogP contribution >= 0.6 is 0 Å². The van der Waals surface area contributed by atoms with E-state index in [1.54, 1.807) is 0 Å². The van der Waals surface area contributed by atoms with Gasteiger partial charge in [-0.3, -0.25) is 0 Å². The lowest BCUT2D eigenvalue weighted by Gasteiger charge is -2.39. The molecule has 0 spiro atoms. The molecule has 0 aliphatic carbocycles. The maximum atomic E-state index is 12.3. The monoisotopic (exact) mass is 200 g/mol. The van der Waals surface area contributed by atoms with Crippen LogP contribution in [0.3, 0.4) is 0 Å². The highest BCUT2D eigenvalue weighted by molar-refractivity contribution is 4.90. The van der Waals surface area contributed by atoms with E-state index in [4.69, 9.17) is 10.2 Å². The quantitative estimate of drug-likeness (QED) is 0.608. The second-order valence-electron chi connectivity index (χ2n) is 3.39. The first-order valence-corrected chi connectivity index (χ1v) is 3.85. The first-order valence-electron chi connectivity index (χ1n) is 3.85. The van der Waals surface area contributed by atoms with Gasteiger partial charge in [-0.1, -0.05) is 0 Å². The summed E-state index contributed by atoms with van der Waals surface area (Å²) in [6.07, 6.45) is -8.00. The summed E-state index contributed by atoms with van der Waals surface area (Å²) in [5, 5.41) is 17.9. The van der Waals surface area contributed by atoms with Gasteiger partial charge in [-0.05, 0) is 6.92 Å². The Morgan fingerprint density at radius 2 is 1.92 bits per heavy atom. The predicted molar refractivity (Wildman–Crippen MR) is 36.8 cm³/mol. The molecular formula is C7H11F3O3. The van der Waals surface area contributed by atoms with Gasteiger partial charge in [-0.2, -0.15) is 13.2 Å². The molecule has 1 rings (SSSR count). The normalized spacial score (nSPS) is 42.0. The molecule has 3 unspecified atom stereocenters. The first kappa shape index (κ1) is 10.7. The van der Waals surface area contributed by atoms with Crippen molar-refractivity contribution in [3.8, 4) is 0 Å². The molecule has 1 aliphatic rings. The van der Waals surface area contributed by atoms with Gasteiger partial charge >= 0.3 is 6.18 Å². The molecule has 1 aliphatic heterocycles. The van der Waals surface area contributed by atoms with Crippen LogP contribution in [0.4, 0.5) is 13.2 Å². The standard InChI is InChI=1S/C7H11F3O3/c1-6(7(8,9)10)3-4(11)2-5(12)13-6/h4-5,11-12H,2-3H2,1H3. The van der Waals surface area contributed by atoms with E-state index >= 15 is 0 Å². The van der Waals surface area contributed by atoms with E-state index in [-0.39, 0.29) is 6.42 Å². The van der Waals surface area contributed by atoms with Crippen LogP contribution in [0.15, 0.2) is 0 Å². The van der Waals surface area contributed by atoms with Gasteiger partial charge in [0, 0.05) is 12.8 Å². The molecule has 13 heavy (non-hydrogen) atoms. The Labute approximate surface area is 73.1 Å². The van der Waals surface area contributed by atoms with Gasteiger partial charge in [-0.15, -0.1) is 0 Å². The van der Waals surface area contributed by atoms with Crippen molar-refractivity contribution in [3.63, 3.8) is 0 Å². The number of aliphatic hydroxyl groups is 2. The maximum Gasteiger partial charge on any atom is 0.417 e. The predicted octanol–water partition coefficient (Wildman–Crippen LogP) is 0.797. The molecule has 0 aromatic rings. The maximum absolute atomic E-state index is 12.3. The van der Waals surface area contributed by atoms with Crippen molar-refractivity contribution >= 4 is 0 Å². The first-order chi connectivity index (χ1) is 5.74. The SMILES string of the molecule is CC1(C(F)(F)F)CC(O)CC(O)O1. The van der Waals surface area contributed by atoms with E-state index in [1.165, 1.54) is 0 Å². The molecule has 0 amide bonds. The Morgan fingerprint density at radius 1 is 1.38 bits per heavy atom. The fourth-order valence-electron chi connectivity index (χ4n) is 1.34. The summed E-state index contributed by atoms with van der Waals surface area (Å²) in [5.41, 5.74) is -2.44. The Bertz CT molecular complexity index is 182. The topological polar surface area (TPSA) is 49.7 Å². The van der Waals surface area contributed by atoms with Crippen molar-refractivity contribution in [2.75, 3.05) is 0 Å². The van der Waals surface area contributed by atoms with Crippen LogP contribution in [0.5, 0.6) is 0 Å². The lowest BCUT2D eigenvalue weighted by atomic mass is 9.93. The molecule has 3 atom stereocenters. The molecule has 1 fully saturated rings. The van der Waals surface area contributed by atoms with E-state index in [0.29, 0.717) is 0 Å². The lowest BCUT2D eigenvalue weighted by Crippen LogP contribution is -2.53. The van der Waals surface area contributed by atoms with Crippen molar-refractivity contribution in [2.45, 2.75) is 43.9 Å². The summed E-state index contributed by atoms with van der Waals surface area (Å²) in [4.78, 5) is 0. The molecule has 0 saturated carbocycles.